The van der Waals surface area contributed by atoms with E-state index in [-0.39, 0.29) is 4.90 Å². The lowest BCUT2D eigenvalue weighted by Gasteiger charge is -2.14. The highest BCUT2D eigenvalue weighted by atomic mass is 32.2. The molecule has 0 unspecified atom stereocenters. The van der Waals surface area contributed by atoms with Crippen LogP contribution in [0.25, 0.3) is 21.9 Å². The third-order valence-corrected chi connectivity index (χ3v) is 7.98. The van der Waals surface area contributed by atoms with Crippen LogP contribution in [0.2, 0.25) is 0 Å². The van der Waals surface area contributed by atoms with Crippen LogP contribution in [-0.2, 0) is 22.9 Å². The summed E-state index contributed by atoms with van der Waals surface area (Å²) in [7, 11) is -3.74. The topological polar surface area (TPSA) is 91.5 Å². The van der Waals surface area contributed by atoms with Crippen LogP contribution in [-0.4, -0.2) is 22.4 Å². The molecular weight excluding hydrogens is 444 g/mol. The maximum Gasteiger partial charge on any atom is 0.268 e. The minimum atomic E-state index is -3.74. The van der Waals surface area contributed by atoms with Crippen LogP contribution in [0.4, 0.5) is 0 Å². The lowest BCUT2D eigenvalue weighted by molar-refractivity contribution is 0.589. The van der Waals surface area contributed by atoms with Gasteiger partial charge in [-0.15, -0.1) is 0 Å². The second-order valence-corrected chi connectivity index (χ2v) is 10.4. The molecule has 0 spiro atoms. The Balaban J connectivity index is 1.66. The summed E-state index contributed by atoms with van der Waals surface area (Å²) in [4.78, 5) is 8.31. The lowest BCUT2D eigenvalue weighted by Crippen LogP contribution is -2.13. The van der Waals surface area contributed by atoms with Gasteiger partial charge in [0.15, 0.2) is 0 Å². The summed E-state index contributed by atoms with van der Waals surface area (Å²) in [6.07, 6.45) is 3.00. The molecule has 170 valence electrons. The Labute approximate surface area is 198 Å². The van der Waals surface area contributed by atoms with Crippen molar-refractivity contribution in [1.29, 1.82) is 5.26 Å². The predicted molar refractivity (Wildman–Crippen MR) is 133 cm³/mol. The standard InChI is InChI=1S/C27H24N4O2S/c1-4-20-13-18(3)27-22(11-12-31(27)34(32,33)21-8-5-17(2)6-9-21)23(20)15-26-29-24-10-7-19(16-28)14-25(24)30-26/h5-14H,4,15H2,1-3H3,(H,29,30). The number of aromatic amines is 1. The van der Waals surface area contributed by atoms with Gasteiger partial charge in [-0.05, 0) is 73.4 Å². The highest BCUT2D eigenvalue weighted by Crippen LogP contribution is 2.32. The Morgan fingerprint density at radius 1 is 1.06 bits per heavy atom. The summed E-state index contributed by atoms with van der Waals surface area (Å²) in [5.74, 6) is 0.777. The van der Waals surface area contributed by atoms with E-state index >= 15 is 0 Å². The van der Waals surface area contributed by atoms with Crippen molar-refractivity contribution < 1.29 is 8.42 Å². The van der Waals surface area contributed by atoms with E-state index in [4.69, 9.17) is 4.98 Å². The number of nitrogens with zero attached hydrogens (tertiary/aromatic N) is 3. The van der Waals surface area contributed by atoms with E-state index in [1.165, 1.54) is 3.97 Å². The number of hydrogen-bond acceptors (Lipinski definition) is 4. The number of fused-ring (bicyclic) bond motifs is 2. The van der Waals surface area contributed by atoms with Gasteiger partial charge < -0.3 is 4.98 Å². The molecule has 1 N–H and O–H groups in total. The van der Waals surface area contributed by atoms with E-state index in [9.17, 15) is 13.7 Å². The Morgan fingerprint density at radius 2 is 1.82 bits per heavy atom. The molecule has 0 radical (unpaired) electrons. The average Bonchev–Trinajstić information content (AvgIpc) is 3.45. The number of hydrogen-bond donors (Lipinski definition) is 1. The van der Waals surface area contributed by atoms with Gasteiger partial charge in [-0.25, -0.2) is 17.4 Å². The van der Waals surface area contributed by atoms with E-state index in [0.717, 1.165) is 50.9 Å². The molecule has 0 aliphatic heterocycles. The molecule has 0 bridgehead atoms. The van der Waals surface area contributed by atoms with Crippen molar-refractivity contribution in [3.8, 4) is 6.07 Å². The van der Waals surface area contributed by atoms with E-state index in [2.05, 4.69) is 24.0 Å². The summed E-state index contributed by atoms with van der Waals surface area (Å²) in [5.41, 5.74) is 7.03. The Kier molecular flexibility index (Phi) is 5.26. The Morgan fingerprint density at radius 3 is 2.53 bits per heavy atom. The van der Waals surface area contributed by atoms with Gasteiger partial charge in [0.25, 0.3) is 10.0 Å². The van der Waals surface area contributed by atoms with Crippen LogP contribution in [0.5, 0.6) is 0 Å². The first-order chi connectivity index (χ1) is 16.3. The van der Waals surface area contributed by atoms with Crippen LogP contribution in [0, 0.1) is 25.2 Å². The number of aromatic nitrogens is 3. The molecule has 5 rings (SSSR count). The molecule has 0 aliphatic rings. The SMILES string of the molecule is CCc1cc(C)c2c(ccn2S(=O)(=O)c2ccc(C)cc2)c1Cc1nc2ccc(C#N)cc2[nH]1. The summed E-state index contributed by atoms with van der Waals surface area (Å²) in [6, 6.07) is 18.4. The predicted octanol–water partition coefficient (Wildman–Crippen LogP) is 5.40. The van der Waals surface area contributed by atoms with Gasteiger partial charge in [0.05, 0.1) is 33.1 Å². The zero-order chi connectivity index (χ0) is 24.0. The van der Waals surface area contributed by atoms with Crippen LogP contribution >= 0.6 is 0 Å². The largest absolute Gasteiger partial charge is 0.342 e. The molecule has 7 heteroatoms. The molecule has 5 aromatic rings. The highest BCUT2D eigenvalue weighted by Gasteiger charge is 2.22. The van der Waals surface area contributed by atoms with Crippen molar-refractivity contribution in [3.05, 3.63) is 94.4 Å². The van der Waals surface area contributed by atoms with Gasteiger partial charge >= 0.3 is 0 Å². The molecule has 2 heterocycles. The molecule has 6 nitrogen and oxygen atoms in total. The normalized spacial score (nSPS) is 11.8. The molecule has 0 saturated carbocycles. The van der Waals surface area contributed by atoms with Gasteiger partial charge in [0.2, 0.25) is 0 Å². The first-order valence-corrected chi connectivity index (χ1v) is 12.6. The van der Waals surface area contributed by atoms with Gasteiger partial charge in [-0.1, -0.05) is 30.7 Å². The monoisotopic (exact) mass is 468 g/mol. The van der Waals surface area contributed by atoms with Crippen molar-refractivity contribution >= 4 is 32.0 Å². The second kappa shape index (κ2) is 8.15. The van der Waals surface area contributed by atoms with Gasteiger partial charge in [-0.3, -0.25) is 0 Å². The first-order valence-electron chi connectivity index (χ1n) is 11.1. The number of imidazole rings is 1. The number of benzene rings is 3. The Bertz CT molecular complexity index is 1700. The maximum atomic E-state index is 13.5. The van der Waals surface area contributed by atoms with Crippen molar-refractivity contribution in [2.75, 3.05) is 0 Å². The van der Waals surface area contributed by atoms with E-state index in [1.807, 2.05) is 38.1 Å². The molecule has 0 atom stereocenters. The number of H-pyrrole nitrogens is 1. The molecule has 2 aromatic heterocycles. The fraction of sp³-hybridized carbons (Fsp3) is 0.185. The number of rotatable bonds is 5. The third-order valence-electron chi connectivity index (χ3n) is 6.29. The van der Waals surface area contributed by atoms with Crippen molar-refractivity contribution in [1.82, 2.24) is 13.9 Å². The Hall–Kier alpha value is -3.89. The molecule has 3 aromatic carbocycles. The van der Waals surface area contributed by atoms with Crippen LogP contribution in [0.15, 0.2) is 65.7 Å². The van der Waals surface area contributed by atoms with Crippen LogP contribution < -0.4 is 0 Å². The highest BCUT2D eigenvalue weighted by molar-refractivity contribution is 7.90. The minimum absolute atomic E-state index is 0.265. The number of nitrogens with one attached hydrogen (secondary N) is 1. The zero-order valence-electron chi connectivity index (χ0n) is 19.3. The zero-order valence-corrected chi connectivity index (χ0v) is 20.1. The second-order valence-electron chi connectivity index (χ2n) is 8.58. The van der Waals surface area contributed by atoms with Gasteiger partial charge in [0, 0.05) is 18.0 Å². The van der Waals surface area contributed by atoms with Gasteiger partial charge in [-0.2, -0.15) is 5.26 Å². The first kappa shape index (κ1) is 21.9. The van der Waals surface area contributed by atoms with Crippen molar-refractivity contribution in [2.24, 2.45) is 0 Å². The quantitative estimate of drug-likeness (QED) is 0.374. The van der Waals surface area contributed by atoms with Crippen molar-refractivity contribution in [2.45, 2.75) is 38.5 Å². The summed E-state index contributed by atoms with van der Waals surface area (Å²) in [6.45, 7) is 5.99. The molecule has 0 saturated heterocycles. The smallest absolute Gasteiger partial charge is 0.268 e. The van der Waals surface area contributed by atoms with E-state index in [1.54, 1.807) is 30.5 Å². The van der Waals surface area contributed by atoms with Gasteiger partial charge in [0.1, 0.15) is 5.82 Å². The number of aryl methyl sites for hydroxylation is 3. The third kappa shape index (κ3) is 3.57. The fourth-order valence-corrected chi connectivity index (χ4v) is 5.98. The fourth-order valence-electron chi connectivity index (χ4n) is 4.57. The lowest BCUT2D eigenvalue weighted by atomic mass is 9.95. The maximum absolute atomic E-state index is 13.5. The summed E-state index contributed by atoms with van der Waals surface area (Å²) in [5, 5.41) is 10.1. The number of nitriles is 1. The van der Waals surface area contributed by atoms with E-state index in [0.29, 0.717) is 17.5 Å². The minimum Gasteiger partial charge on any atom is -0.342 e. The molecule has 0 aliphatic carbocycles. The van der Waals surface area contributed by atoms with Crippen LogP contribution in [0.1, 0.15) is 40.6 Å². The van der Waals surface area contributed by atoms with E-state index < -0.39 is 10.0 Å². The average molecular weight is 469 g/mol. The molecule has 0 amide bonds. The summed E-state index contributed by atoms with van der Waals surface area (Å²) >= 11 is 0. The van der Waals surface area contributed by atoms with Crippen molar-refractivity contribution in [3.63, 3.8) is 0 Å². The van der Waals surface area contributed by atoms with Crippen LogP contribution in [0.3, 0.4) is 0 Å². The molecule has 0 fully saturated rings. The summed E-state index contributed by atoms with van der Waals surface area (Å²) < 4.78 is 28.4. The molecule has 34 heavy (non-hydrogen) atoms. The molecular formula is C27H24N4O2S.